The Bertz CT molecular complexity index is 892. The number of nitrogens with one attached hydrogen (secondary N) is 3. The number of hydrogen-bond donors (Lipinski definition) is 7. The van der Waals surface area contributed by atoms with Gasteiger partial charge in [0, 0.05) is 12.8 Å². The number of carboxylic acid groups (broad SMARTS) is 1. The van der Waals surface area contributed by atoms with Crippen molar-refractivity contribution in [2.24, 2.45) is 17.4 Å². The van der Waals surface area contributed by atoms with Gasteiger partial charge in [-0.25, -0.2) is 4.79 Å². The number of benzene rings is 1. The van der Waals surface area contributed by atoms with Crippen molar-refractivity contribution in [3.63, 3.8) is 0 Å². The predicted octanol–water partition coefficient (Wildman–Crippen LogP) is -1.60. The van der Waals surface area contributed by atoms with Gasteiger partial charge in [0.15, 0.2) is 0 Å². The number of rotatable bonds is 14. The Labute approximate surface area is 203 Å². The average Bonchev–Trinajstić information content (AvgIpc) is 2.78. The fourth-order valence-corrected chi connectivity index (χ4v) is 3.10. The summed E-state index contributed by atoms with van der Waals surface area (Å²) in [7, 11) is 0. The van der Waals surface area contributed by atoms with Crippen LogP contribution in [-0.2, 0) is 30.4 Å². The Kier molecular flexibility index (Phi) is 11.8. The molecule has 0 aromatic heterocycles. The van der Waals surface area contributed by atoms with Gasteiger partial charge in [-0.05, 0) is 24.8 Å². The number of carbonyl (C=O) groups excluding carboxylic acids is 4. The second-order valence-corrected chi connectivity index (χ2v) is 8.65. The number of amides is 4. The predicted molar refractivity (Wildman–Crippen MR) is 126 cm³/mol. The lowest BCUT2D eigenvalue weighted by atomic mass is 10.0. The Balaban J connectivity index is 3.02. The van der Waals surface area contributed by atoms with Gasteiger partial charge in [-0.3, -0.25) is 19.2 Å². The minimum absolute atomic E-state index is 0.0160. The highest BCUT2D eigenvalue weighted by atomic mass is 16.4. The van der Waals surface area contributed by atoms with Crippen molar-refractivity contribution < 1.29 is 34.2 Å². The molecular weight excluding hydrogens is 458 g/mol. The Morgan fingerprint density at radius 2 is 1.46 bits per heavy atom. The number of aliphatic hydroxyl groups is 1. The van der Waals surface area contributed by atoms with E-state index in [-0.39, 0.29) is 25.2 Å². The average molecular weight is 494 g/mol. The molecule has 5 unspecified atom stereocenters. The number of carbonyl (C=O) groups is 5. The maximum absolute atomic E-state index is 12.9. The first-order chi connectivity index (χ1) is 16.3. The molecular formula is C23H35N5O7. The zero-order valence-corrected chi connectivity index (χ0v) is 20.1. The summed E-state index contributed by atoms with van der Waals surface area (Å²) in [5.74, 6) is -4.72. The molecule has 0 aliphatic rings. The van der Waals surface area contributed by atoms with Crippen molar-refractivity contribution >= 4 is 29.6 Å². The van der Waals surface area contributed by atoms with E-state index in [2.05, 4.69) is 16.0 Å². The summed E-state index contributed by atoms with van der Waals surface area (Å²) < 4.78 is 0. The van der Waals surface area contributed by atoms with Gasteiger partial charge in [-0.2, -0.15) is 0 Å². The van der Waals surface area contributed by atoms with Crippen molar-refractivity contribution in [3.05, 3.63) is 35.9 Å². The molecule has 4 amide bonds. The topological polar surface area (TPSA) is 214 Å². The summed E-state index contributed by atoms with van der Waals surface area (Å²) in [6.45, 7) is 4.69. The van der Waals surface area contributed by atoms with Crippen LogP contribution in [0.3, 0.4) is 0 Å². The molecule has 1 aromatic carbocycles. The molecule has 1 aromatic rings. The van der Waals surface area contributed by atoms with Gasteiger partial charge >= 0.3 is 5.97 Å². The van der Waals surface area contributed by atoms with Crippen LogP contribution in [0.5, 0.6) is 0 Å². The lowest BCUT2D eigenvalue weighted by molar-refractivity contribution is -0.142. The lowest BCUT2D eigenvalue weighted by Crippen LogP contribution is -2.60. The van der Waals surface area contributed by atoms with Crippen LogP contribution in [0.25, 0.3) is 0 Å². The van der Waals surface area contributed by atoms with E-state index in [1.54, 1.807) is 44.2 Å². The minimum Gasteiger partial charge on any atom is -0.480 e. The summed E-state index contributed by atoms with van der Waals surface area (Å²) in [5.41, 5.74) is 11.6. The maximum atomic E-state index is 12.9. The zero-order valence-electron chi connectivity index (χ0n) is 20.1. The quantitative estimate of drug-likeness (QED) is 0.160. The van der Waals surface area contributed by atoms with Gasteiger partial charge in [0.05, 0.1) is 12.1 Å². The molecule has 194 valence electrons. The lowest BCUT2D eigenvalue weighted by Gasteiger charge is -2.27. The smallest absolute Gasteiger partial charge is 0.326 e. The zero-order chi connectivity index (χ0) is 26.7. The van der Waals surface area contributed by atoms with E-state index in [1.165, 1.54) is 6.92 Å². The third-order valence-corrected chi connectivity index (χ3v) is 5.29. The number of nitrogens with two attached hydrogens (primary N) is 2. The summed E-state index contributed by atoms with van der Waals surface area (Å²) in [5, 5.41) is 26.7. The molecule has 0 bridgehead atoms. The molecule has 0 heterocycles. The Morgan fingerprint density at radius 3 is 1.94 bits per heavy atom. The molecule has 1 rings (SSSR count). The molecule has 12 heteroatoms. The SMILES string of the molecule is CC(C)C(N)C(=O)NC(C(=O)NC(CCC(N)=O)C(=O)NC(Cc1ccccc1)C(=O)O)C(C)O. The van der Waals surface area contributed by atoms with Crippen LogP contribution in [0.2, 0.25) is 0 Å². The number of aliphatic carboxylic acids is 1. The van der Waals surface area contributed by atoms with Crippen molar-refractivity contribution in [1.29, 1.82) is 0 Å². The van der Waals surface area contributed by atoms with Crippen molar-refractivity contribution in [3.8, 4) is 0 Å². The molecule has 9 N–H and O–H groups in total. The van der Waals surface area contributed by atoms with Crippen molar-refractivity contribution in [2.45, 2.75) is 70.3 Å². The summed E-state index contributed by atoms with van der Waals surface area (Å²) in [6, 6.07) is 3.56. The van der Waals surface area contributed by atoms with E-state index in [0.717, 1.165) is 0 Å². The van der Waals surface area contributed by atoms with Gasteiger partial charge in [0.25, 0.3) is 0 Å². The van der Waals surface area contributed by atoms with Crippen LogP contribution in [0.15, 0.2) is 30.3 Å². The van der Waals surface area contributed by atoms with Gasteiger partial charge in [0.2, 0.25) is 23.6 Å². The second-order valence-electron chi connectivity index (χ2n) is 8.65. The van der Waals surface area contributed by atoms with E-state index >= 15 is 0 Å². The van der Waals surface area contributed by atoms with E-state index in [0.29, 0.717) is 5.56 Å². The number of hydrogen-bond acceptors (Lipinski definition) is 7. The van der Waals surface area contributed by atoms with Crippen LogP contribution in [0.1, 0.15) is 39.2 Å². The van der Waals surface area contributed by atoms with Gasteiger partial charge in [-0.15, -0.1) is 0 Å². The van der Waals surface area contributed by atoms with E-state index < -0.39 is 59.9 Å². The van der Waals surface area contributed by atoms with Crippen LogP contribution >= 0.6 is 0 Å². The van der Waals surface area contributed by atoms with Crippen LogP contribution in [0.4, 0.5) is 0 Å². The van der Waals surface area contributed by atoms with E-state index in [4.69, 9.17) is 11.5 Å². The molecule has 0 aliphatic carbocycles. The van der Waals surface area contributed by atoms with Gasteiger partial charge < -0.3 is 37.6 Å². The monoisotopic (exact) mass is 493 g/mol. The molecule has 5 atom stereocenters. The van der Waals surface area contributed by atoms with Crippen LogP contribution in [-0.4, -0.2) is 70.1 Å². The molecule has 0 saturated carbocycles. The number of primary amides is 1. The molecule has 0 saturated heterocycles. The van der Waals surface area contributed by atoms with Gasteiger partial charge in [-0.1, -0.05) is 44.2 Å². The number of carboxylic acids is 1. The van der Waals surface area contributed by atoms with Gasteiger partial charge in [0.1, 0.15) is 18.1 Å². The molecule has 0 radical (unpaired) electrons. The van der Waals surface area contributed by atoms with Crippen LogP contribution in [0, 0.1) is 5.92 Å². The minimum atomic E-state index is -1.45. The first-order valence-electron chi connectivity index (χ1n) is 11.2. The molecule has 0 fully saturated rings. The standard InChI is InChI=1S/C23H35N5O7/c1-12(2)18(25)21(32)28-19(13(3)29)22(33)26-15(9-10-17(24)30)20(31)27-16(23(34)35)11-14-7-5-4-6-8-14/h4-8,12-13,15-16,18-19,29H,9-11,25H2,1-3H3,(H2,24,30)(H,26,33)(H,27,31)(H,28,32)(H,34,35). The first-order valence-corrected chi connectivity index (χ1v) is 11.2. The Morgan fingerprint density at radius 1 is 0.886 bits per heavy atom. The molecule has 0 spiro atoms. The highest BCUT2D eigenvalue weighted by Crippen LogP contribution is 2.07. The third kappa shape index (κ3) is 10.1. The maximum Gasteiger partial charge on any atom is 0.326 e. The Hall–Kier alpha value is -3.51. The molecule has 12 nitrogen and oxygen atoms in total. The van der Waals surface area contributed by atoms with E-state index in [9.17, 15) is 34.2 Å². The highest BCUT2D eigenvalue weighted by Gasteiger charge is 2.33. The van der Waals surface area contributed by atoms with Crippen molar-refractivity contribution in [1.82, 2.24) is 16.0 Å². The molecule has 35 heavy (non-hydrogen) atoms. The fraction of sp³-hybridized carbons (Fsp3) is 0.522. The molecule has 0 aliphatic heterocycles. The third-order valence-electron chi connectivity index (χ3n) is 5.29. The number of aliphatic hydroxyl groups excluding tert-OH is 1. The summed E-state index contributed by atoms with van der Waals surface area (Å²) in [4.78, 5) is 61.0. The summed E-state index contributed by atoms with van der Waals surface area (Å²) >= 11 is 0. The van der Waals surface area contributed by atoms with E-state index in [1.807, 2.05) is 0 Å². The second kappa shape index (κ2) is 14.0. The highest BCUT2D eigenvalue weighted by molar-refractivity contribution is 5.94. The largest absolute Gasteiger partial charge is 0.480 e. The first kappa shape index (κ1) is 29.5. The summed E-state index contributed by atoms with van der Waals surface area (Å²) in [6.07, 6.45) is -1.87. The normalized spacial score (nSPS) is 15.3. The van der Waals surface area contributed by atoms with Crippen molar-refractivity contribution in [2.75, 3.05) is 0 Å². The van der Waals surface area contributed by atoms with Crippen LogP contribution < -0.4 is 27.4 Å². The fourth-order valence-electron chi connectivity index (χ4n) is 3.10.